The standard InChI is InChI=1S/C23H19N3O4S/c27-20-12-18(29-14-16-6-2-1-3-7-16)11-10-17(20)13-24-26-22(28)15-31-23-25-19-8-4-5-9-21(19)30-23/h1-13,27H,14-15H2,(H,26,28)/b24-13+. The average Bonchev–Trinajstić information content (AvgIpc) is 3.21. The lowest BCUT2D eigenvalue weighted by molar-refractivity contribution is -0.118. The van der Waals surface area contributed by atoms with Crippen molar-refractivity contribution in [2.75, 3.05) is 5.75 Å². The molecule has 0 saturated heterocycles. The highest BCUT2D eigenvalue weighted by atomic mass is 32.2. The van der Waals surface area contributed by atoms with Crippen LogP contribution in [-0.4, -0.2) is 28.0 Å². The summed E-state index contributed by atoms with van der Waals surface area (Å²) in [7, 11) is 0. The van der Waals surface area contributed by atoms with E-state index in [2.05, 4.69) is 15.5 Å². The first kappa shape index (κ1) is 20.5. The van der Waals surface area contributed by atoms with Crippen LogP contribution in [0.25, 0.3) is 11.1 Å². The second-order valence-corrected chi connectivity index (χ2v) is 7.45. The third-order valence-electron chi connectivity index (χ3n) is 4.24. The van der Waals surface area contributed by atoms with Crippen LogP contribution in [-0.2, 0) is 11.4 Å². The first-order valence-electron chi connectivity index (χ1n) is 9.47. The summed E-state index contributed by atoms with van der Waals surface area (Å²) in [6.45, 7) is 0.404. The summed E-state index contributed by atoms with van der Waals surface area (Å²) in [4.78, 5) is 16.3. The molecule has 4 aromatic rings. The number of ether oxygens (including phenoxy) is 1. The highest BCUT2D eigenvalue weighted by molar-refractivity contribution is 7.99. The molecule has 0 spiro atoms. The highest BCUT2D eigenvalue weighted by Crippen LogP contribution is 2.24. The third-order valence-corrected chi connectivity index (χ3v) is 5.07. The van der Waals surface area contributed by atoms with Gasteiger partial charge >= 0.3 is 0 Å². The van der Waals surface area contributed by atoms with Crippen LogP contribution in [0.1, 0.15) is 11.1 Å². The molecule has 0 radical (unpaired) electrons. The lowest BCUT2D eigenvalue weighted by atomic mass is 10.2. The Morgan fingerprint density at radius 2 is 1.94 bits per heavy atom. The predicted octanol–water partition coefficient (Wildman–Crippen LogP) is 4.35. The van der Waals surface area contributed by atoms with E-state index in [1.807, 2.05) is 54.6 Å². The fraction of sp³-hybridized carbons (Fsp3) is 0.0870. The first-order valence-corrected chi connectivity index (χ1v) is 10.5. The number of benzene rings is 3. The van der Waals surface area contributed by atoms with Crippen LogP contribution in [0.4, 0.5) is 0 Å². The largest absolute Gasteiger partial charge is 0.507 e. The number of aromatic nitrogens is 1. The maximum absolute atomic E-state index is 12.0. The summed E-state index contributed by atoms with van der Waals surface area (Å²) in [6.07, 6.45) is 1.37. The molecule has 0 aliphatic carbocycles. The van der Waals surface area contributed by atoms with Gasteiger partial charge in [-0.15, -0.1) is 0 Å². The van der Waals surface area contributed by atoms with Gasteiger partial charge in [0, 0.05) is 11.6 Å². The molecule has 0 fully saturated rings. The Morgan fingerprint density at radius 1 is 1.13 bits per heavy atom. The number of hydrogen-bond donors (Lipinski definition) is 2. The zero-order valence-electron chi connectivity index (χ0n) is 16.4. The Labute approximate surface area is 182 Å². The number of amides is 1. The van der Waals surface area contributed by atoms with E-state index in [0.717, 1.165) is 11.1 Å². The second-order valence-electron chi connectivity index (χ2n) is 6.52. The predicted molar refractivity (Wildman–Crippen MR) is 119 cm³/mol. The van der Waals surface area contributed by atoms with Gasteiger partial charge in [-0.25, -0.2) is 10.4 Å². The van der Waals surface area contributed by atoms with Crippen molar-refractivity contribution >= 4 is 35.0 Å². The lowest BCUT2D eigenvalue weighted by Crippen LogP contribution is -2.19. The van der Waals surface area contributed by atoms with Crippen molar-refractivity contribution in [1.82, 2.24) is 10.4 Å². The van der Waals surface area contributed by atoms with E-state index in [-0.39, 0.29) is 17.4 Å². The fourth-order valence-corrected chi connectivity index (χ4v) is 3.34. The van der Waals surface area contributed by atoms with Gasteiger partial charge in [-0.3, -0.25) is 4.79 Å². The van der Waals surface area contributed by atoms with Crippen LogP contribution in [0.5, 0.6) is 11.5 Å². The van der Waals surface area contributed by atoms with Gasteiger partial charge in [0.15, 0.2) is 5.58 Å². The molecule has 0 saturated carbocycles. The zero-order chi connectivity index (χ0) is 21.5. The van der Waals surface area contributed by atoms with Gasteiger partial charge in [0.25, 0.3) is 11.1 Å². The minimum atomic E-state index is -0.314. The van der Waals surface area contributed by atoms with Crippen molar-refractivity contribution in [3.63, 3.8) is 0 Å². The summed E-state index contributed by atoms with van der Waals surface area (Å²) in [5.41, 5.74) is 5.33. The summed E-state index contributed by atoms with van der Waals surface area (Å²) in [6, 6.07) is 22.1. The van der Waals surface area contributed by atoms with Crippen LogP contribution in [0, 0.1) is 0 Å². The molecule has 1 heterocycles. The number of phenolic OH excluding ortho intramolecular Hbond substituents is 1. The van der Waals surface area contributed by atoms with E-state index in [4.69, 9.17) is 9.15 Å². The molecule has 31 heavy (non-hydrogen) atoms. The number of rotatable bonds is 8. The van der Waals surface area contributed by atoms with Crippen molar-refractivity contribution in [2.45, 2.75) is 11.8 Å². The topological polar surface area (TPSA) is 97.0 Å². The van der Waals surface area contributed by atoms with Gasteiger partial charge in [0.05, 0.1) is 12.0 Å². The Balaban J connectivity index is 1.26. The highest BCUT2D eigenvalue weighted by Gasteiger charge is 2.09. The Bertz CT molecular complexity index is 1170. The van der Waals surface area contributed by atoms with Crippen molar-refractivity contribution in [1.29, 1.82) is 0 Å². The zero-order valence-corrected chi connectivity index (χ0v) is 17.2. The van der Waals surface area contributed by atoms with Gasteiger partial charge in [-0.2, -0.15) is 5.10 Å². The first-order chi connectivity index (χ1) is 15.2. The lowest BCUT2D eigenvalue weighted by Gasteiger charge is -2.07. The summed E-state index contributed by atoms with van der Waals surface area (Å²) in [5.74, 6) is 0.329. The van der Waals surface area contributed by atoms with Gasteiger partial charge in [-0.1, -0.05) is 54.2 Å². The van der Waals surface area contributed by atoms with Crippen LogP contribution in [0.3, 0.4) is 0 Å². The van der Waals surface area contributed by atoms with Crippen molar-refractivity contribution in [3.05, 3.63) is 83.9 Å². The Hall–Kier alpha value is -3.78. The molecule has 0 unspecified atom stereocenters. The number of para-hydroxylation sites is 2. The summed E-state index contributed by atoms with van der Waals surface area (Å²) in [5, 5.41) is 14.5. The number of hydrazone groups is 1. The van der Waals surface area contributed by atoms with E-state index < -0.39 is 0 Å². The normalized spacial score (nSPS) is 11.1. The Morgan fingerprint density at radius 3 is 2.74 bits per heavy atom. The number of phenols is 1. The van der Waals surface area contributed by atoms with Gasteiger partial charge in [-0.05, 0) is 29.8 Å². The molecule has 1 amide bonds. The van der Waals surface area contributed by atoms with Gasteiger partial charge in [0.1, 0.15) is 23.6 Å². The number of carbonyl (C=O) groups is 1. The molecule has 7 nitrogen and oxygen atoms in total. The maximum atomic E-state index is 12.0. The fourth-order valence-electron chi connectivity index (χ4n) is 2.71. The molecule has 156 valence electrons. The van der Waals surface area contributed by atoms with Crippen molar-refractivity contribution in [2.24, 2.45) is 5.10 Å². The summed E-state index contributed by atoms with van der Waals surface area (Å²) < 4.78 is 11.2. The number of oxazole rings is 1. The number of nitrogens with zero attached hydrogens (tertiary/aromatic N) is 2. The van der Waals surface area contributed by atoms with Crippen molar-refractivity contribution < 1.29 is 19.1 Å². The molecular weight excluding hydrogens is 414 g/mol. The van der Waals surface area contributed by atoms with Crippen LogP contribution >= 0.6 is 11.8 Å². The number of aromatic hydroxyl groups is 1. The molecule has 1 aromatic heterocycles. The number of hydrogen-bond acceptors (Lipinski definition) is 7. The molecule has 2 N–H and O–H groups in total. The van der Waals surface area contributed by atoms with E-state index in [1.165, 1.54) is 24.0 Å². The molecule has 0 aliphatic rings. The van der Waals surface area contributed by atoms with Gasteiger partial charge < -0.3 is 14.3 Å². The maximum Gasteiger partial charge on any atom is 0.257 e. The molecular formula is C23H19N3O4S. The van der Waals surface area contributed by atoms with Crippen molar-refractivity contribution in [3.8, 4) is 11.5 Å². The van der Waals surface area contributed by atoms with Crippen LogP contribution in [0.2, 0.25) is 0 Å². The average molecular weight is 433 g/mol. The monoisotopic (exact) mass is 433 g/mol. The smallest absolute Gasteiger partial charge is 0.257 e. The SMILES string of the molecule is O=C(CSc1nc2ccccc2o1)N/N=C/c1ccc(OCc2ccccc2)cc1O. The van der Waals surface area contributed by atoms with E-state index in [0.29, 0.717) is 28.7 Å². The minimum absolute atomic E-state index is 0.00408. The molecule has 0 aliphatic heterocycles. The third kappa shape index (κ3) is 5.64. The molecule has 0 bridgehead atoms. The molecule has 8 heteroatoms. The summed E-state index contributed by atoms with van der Waals surface area (Å²) >= 11 is 1.18. The number of carbonyl (C=O) groups excluding carboxylic acids is 1. The molecule has 3 aromatic carbocycles. The van der Waals surface area contributed by atoms with Crippen LogP contribution in [0.15, 0.2) is 87.5 Å². The number of fused-ring (bicyclic) bond motifs is 1. The Kier molecular flexibility index (Phi) is 6.49. The van der Waals surface area contributed by atoms with E-state index >= 15 is 0 Å². The van der Waals surface area contributed by atoms with E-state index in [9.17, 15) is 9.90 Å². The second kappa shape index (κ2) is 9.82. The minimum Gasteiger partial charge on any atom is -0.507 e. The van der Waals surface area contributed by atoms with Gasteiger partial charge in [0.2, 0.25) is 0 Å². The molecule has 4 rings (SSSR count). The number of nitrogens with one attached hydrogen (secondary N) is 1. The quantitative estimate of drug-likeness (QED) is 0.244. The van der Waals surface area contributed by atoms with E-state index in [1.54, 1.807) is 12.1 Å². The molecule has 0 atom stereocenters. The number of thioether (sulfide) groups is 1. The van der Waals surface area contributed by atoms with Crippen LogP contribution < -0.4 is 10.2 Å².